The van der Waals surface area contributed by atoms with E-state index >= 15 is 0 Å². The Balaban J connectivity index is 1.25. The van der Waals surface area contributed by atoms with E-state index in [9.17, 15) is 27.9 Å². The second kappa shape index (κ2) is 8.64. The van der Waals surface area contributed by atoms with Crippen molar-refractivity contribution in [1.29, 1.82) is 0 Å². The Hall–Kier alpha value is -2.75. The minimum Gasteiger partial charge on any atom is -0.481 e. The summed E-state index contributed by atoms with van der Waals surface area (Å²) in [7, 11) is 0. The standard InChI is InChI=1S/C26H28ClF3N4O3/c27-22-20(33-6-4-32(5-7-33)19-3-1-2-18(11-19)26(28,29)30)14-31-34(23(22)35)25-12-15-8-16(13-25)10-17(9-15)21(25)24(36)37/h1-3,11,14-17,21H,4-10,12-13H2,(H,36,37). The number of aliphatic carboxylic acids is 1. The van der Waals surface area contributed by atoms with Crippen molar-refractivity contribution in [2.75, 3.05) is 36.0 Å². The Morgan fingerprint density at radius 2 is 1.70 bits per heavy atom. The van der Waals surface area contributed by atoms with E-state index in [4.69, 9.17) is 11.6 Å². The summed E-state index contributed by atoms with van der Waals surface area (Å²) < 4.78 is 40.8. The fourth-order valence-corrected chi connectivity index (χ4v) is 8.03. The van der Waals surface area contributed by atoms with Gasteiger partial charge in [-0.15, -0.1) is 0 Å². The molecule has 198 valence electrons. The van der Waals surface area contributed by atoms with E-state index in [1.165, 1.54) is 10.7 Å². The number of halogens is 4. The zero-order valence-corrected chi connectivity index (χ0v) is 20.9. The van der Waals surface area contributed by atoms with Crippen molar-refractivity contribution >= 4 is 28.9 Å². The van der Waals surface area contributed by atoms with Crippen LogP contribution in [0.15, 0.2) is 35.3 Å². The van der Waals surface area contributed by atoms with Gasteiger partial charge in [-0.25, -0.2) is 4.68 Å². The highest BCUT2D eigenvalue weighted by Crippen LogP contribution is 2.61. The van der Waals surface area contributed by atoms with Crippen LogP contribution in [0.3, 0.4) is 0 Å². The number of alkyl halides is 3. The highest BCUT2D eigenvalue weighted by molar-refractivity contribution is 6.33. The molecule has 3 atom stereocenters. The largest absolute Gasteiger partial charge is 0.481 e. The molecule has 5 fully saturated rings. The van der Waals surface area contributed by atoms with Crippen LogP contribution in [0.5, 0.6) is 0 Å². The van der Waals surface area contributed by atoms with Gasteiger partial charge in [0, 0.05) is 31.9 Å². The molecule has 7 rings (SSSR count). The van der Waals surface area contributed by atoms with E-state index in [1.54, 1.807) is 12.3 Å². The molecule has 4 saturated carbocycles. The van der Waals surface area contributed by atoms with Gasteiger partial charge in [-0.1, -0.05) is 17.7 Å². The van der Waals surface area contributed by atoms with Crippen molar-refractivity contribution in [3.05, 3.63) is 51.4 Å². The molecule has 11 heteroatoms. The quantitative estimate of drug-likeness (QED) is 0.621. The minimum absolute atomic E-state index is 0.0161. The van der Waals surface area contributed by atoms with Crippen molar-refractivity contribution in [2.45, 2.75) is 43.8 Å². The van der Waals surface area contributed by atoms with Crippen LogP contribution in [0.1, 0.15) is 37.7 Å². The van der Waals surface area contributed by atoms with E-state index in [-0.39, 0.29) is 10.9 Å². The van der Waals surface area contributed by atoms with Gasteiger partial charge in [-0.3, -0.25) is 9.59 Å². The van der Waals surface area contributed by atoms with Gasteiger partial charge in [0.05, 0.1) is 28.9 Å². The summed E-state index contributed by atoms with van der Waals surface area (Å²) in [6.07, 6.45) is 1.29. The molecule has 1 aromatic carbocycles. The van der Waals surface area contributed by atoms with Crippen LogP contribution in [0.25, 0.3) is 0 Å². The number of carboxylic acid groups (broad SMARTS) is 1. The minimum atomic E-state index is -4.41. The Bertz CT molecular complexity index is 1280. The number of anilines is 2. The molecule has 4 bridgehead atoms. The van der Waals surface area contributed by atoms with E-state index in [0.717, 1.165) is 31.4 Å². The van der Waals surface area contributed by atoms with Gasteiger partial charge in [0.15, 0.2) is 0 Å². The van der Waals surface area contributed by atoms with Gasteiger partial charge < -0.3 is 14.9 Å². The lowest BCUT2D eigenvalue weighted by molar-refractivity contribution is -0.168. The van der Waals surface area contributed by atoms with Crippen LogP contribution >= 0.6 is 11.6 Å². The topological polar surface area (TPSA) is 78.7 Å². The number of hydrogen-bond donors (Lipinski definition) is 1. The van der Waals surface area contributed by atoms with Crippen LogP contribution < -0.4 is 15.4 Å². The summed E-state index contributed by atoms with van der Waals surface area (Å²) in [4.78, 5) is 29.7. The van der Waals surface area contributed by atoms with E-state index in [2.05, 4.69) is 5.10 Å². The number of aromatic nitrogens is 2. The van der Waals surface area contributed by atoms with Crippen LogP contribution in [0, 0.1) is 23.7 Å². The van der Waals surface area contributed by atoms with Gasteiger partial charge >= 0.3 is 12.1 Å². The lowest BCUT2D eigenvalue weighted by Gasteiger charge is -2.59. The van der Waals surface area contributed by atoms with Crippen molar-refractivity contribution in [2.24, 2.45) is 23.7 Å². The SMILES string of the molecule is O=C(O)C1C2CC3CC(C2)CC1(n1ncc(N2CCN(c4cccc(C(F)(F)F)c4)CC2)c(Cl)c1=O)C3. The second-order valence-electron chi connectivity index (χ2n) is 11.1. The molecular formula is C26H28ClF3N4O3. The van der Waals surface area contributed by atoms with Crippen LogP contribution in [-0.4, -0.2) is 47.0 Å². The monoisotopic (exact) mass is 536 g/mol. The first-order valence-corrected chi connectivity index (χ1v) is 13.1. The maximum atomic E-state index is 13.6. The maximum Gasteiger partial charge on any atom is 0.416 e. The predicted molar refractivity (Wildman–Crippen MR) is 132 cm³/mol. The number of rotatable bonds is 4. The molecular weight excluding hydrogens is 509 g/mol. The summed E-state index contributed by atoms with van der Waals surface area (Å²) in [5.41, 5.74) is -1.03. The van der Waals surface area contributed by atoms with Crippen LogP contribution in [0.4, 0.5) is 24.5 Å². The summed E-state index contributed by atoms with van der Waals surface area (Å²) in [5.74, 6) is -0.653. The first-order chi connectivity index (χ1) is 17.6. The first-order valence-electron chi connectivity index (χ1n) is 12.7. The van der Waals surface area contributed by atoms with Crippen molar-refractivity contribution in [1.82, 2.24) is 9.78 Å². The third-order valence-electron chi connectivity index (χ3n) is 9.02. The zero-order valence-electron chi connectivity index (χ0n) is 20.1. The Labute approximate surface area is 216 Å². The third kappa shape index (κ3) is 3.99. The summed E-state index contributed by atoms with van der Waals surface area (Å²) >= 11 is 6.62. The number of piperazine rings is 1. The van der Waals surface area contributed by atoms with E-state index < -0.39 is 34.7 Å². The van der Waals surface area contributed by atoms with Crippen molar-refractivity contribution in [3.8, 4) is 0 Å². The molecule has 0 spiro atoms. The van der Waals surface area contributed by atoms with Gasteiger partial charge in [-0.05, 0) is 68.1 Å². The molecule has 2 aromatic rings. The number of benzene rings is 1. The molecule has 1 saturated heterocycles. The van der Waals surface area contributed by atoms with Crippen LogP contribution in [0.2, 0.25) is 5.02 Å². The molecule has 7 nitrogen and oxygen atoms in total. The van der Waals surface area contributed by atoms with Gasteiger partial charge in [0.2, 0.25) is 0 Å². The average Bonchev–Trinajstić information content (AvgIpc) is 2.84. The average molecular weight is 537 g/mol. The Kier molecular flexibility index (Phi) is 5.74. The molecule has 2 heterocycles. The molecule has 37 heavy (non-hydrogen) atoms. The normalized spacial score (nSPS) is 31.1. The molecule has 0 amide bonds. The molecule has 1 aromatic heterocycles. The third-order valence-corrected chi connectivity index (χ3v) is 9.38. The molecule has 1 aliphatic heterocycles. The van der Waals surface area contributed by atoms with Gasteiger partial charge in [0.1, 0.15) is 5.02 Å². The molecule has 0 radical (unpaired) electrons. The summed E-state index contributed by atoms with van der Waals surface area (Å²) in [6, 6.07) is 5.26. The fraction of sp³-hybridized carbons (Fsp3) is 0.577. The molecule has 5 aliphatic rings. The molecule has 1 N–H and O–H groups in total. The molecule has 4 aliphatic carbocycles. The predicted octanol–water partition coefficient (Wildman–Crippen LogP) is 4.48. The maximum absolute atomic E-state index is 13.6. The van der Waals surface area contributed by atoms with Crippen molar-refractivity contribution < 1.29 is 23.1 Å². The van der Waals surface area contributed by atoms with Crippen LogP contribution in [-0.2, 0) is 16.5 Å². The van der Waals surface area contributed by atoms with Crippen molar-refractivity contribution in [3.63, 3.8) is 0 Å². The highest BCUT2D eigenvalue weighted by Gasteiger charge is 2.61. The molecule has 3 unspecified atom stereocenters. The number of hydrogen-bond acceptors (Lipinski definition) is 5. The zero-order chi connectivity index (χ0) is 26.1. The van der Waals surface area contributed by atoms with E-state index in [1.807, 2.05) is 9.80 Å². The highest BCUT2D eigenvalue weighted by atomic mass is 35.5. The van der Waals surface area contributed by atoms with E-state index in [0.29, 0.717) is 62.2 Å². The summed E-state index contributed by atoms with van der Waals surface area (Å²) in [6.45, 7) is 1.82. The lowest BCUT2D eigenvalue weighted by Crippen LogP contribution is -2.63. The van der Waals surface area contributed by atoms with Gasteiger partial charge in [0.25, 0.3) is 5.56 Å². The number of nitrogens with zero attached hydrogens (tertiary/aromatic N) is 4. The summed E-state index contributed by atoms with van der Waals surface area (Å²) in [5, 5.41) is 14.7. The fourth-order valence-electron chi connectivity index (χ4n) is 7.78. The Morgan fingerprint density at radius 1 is 1.05 bits per heavy atom. The first kappa shape index (κ1) is 24.6. The smallest absolute Gasteiger partial charge is 0.416 e. The Morgan fingerprint density at radius 3 is 2.32 bits per heavy atom. The second-order valence-corrected chi connectivity index (χ2v) is 11.5. The number of carbonyl (C=O) groups is 1. The lowest BCUT2D eigenvalue weighted by atomic mass is 9.48. The van der Waals surface area contributed by atoms with Gasteiger partial charge in [-0.2, -0.15) is 18.3 Å². The number of carboxylic acids is 1.